The molecule has 0 spiro atoms. The molecule has 5 heteroatoms. The van der Waals surface area contributed by atoms with E-state index in [1.807, 2.05) is 0 Å². The molecule has 18 heavy (non-hydrogen) atoms. The van der Waals surface area contributed by atoms with Gasteiger partial charge in [-0.2, -0.15) is 5.26 Å². The molecular weight excluding hydrogens is 235 g/mol. The van der Waals surface area contributed by atoms with Crippen LogP contribution in [0.2, 0.25) is 0 Å². The van der Waals surface area contributed by atoms with Gasteiger partial charge in [0, 0.05) is 7.11 Å². The summed E-state index contributed by atoms with van der Waals surface area (Å²) in [4.78, 5) is 12.0. The second-order valence-electron chi connectivity index (χ2n) is 4.02. The highest BCUT2D eigenvalue weighted by molar-refractivity contribution is 5.98. The molecule has 1 amide bonds. The Balaban J connectivity index is 3.03. The number of methoxy groups -OCH3 is 1. The Labute approximate surface area is 105 Å². The zero-order chi connectivity index (χ0) is 13.8. The first kappa shape index (κ1) is 14.1. The van der Waals surface area contributed by atoms with Gasteiger partial charge in [-0.05, 0) is 25.5 Å². The van der Waals surface area contributed by atoms with Crippen LogP contribution >= 0.6 is 0 Å². The Morgan fingerprint density at radius 3 is 2.78 bits per heavy atom. The molecule has 0 heterocycles. The van der Waals surface area contributed by atoms with Crippen LogP contribution in [0.3, 0.4) is 0 Å². The van der Waals surface area contributed by atoms with E-state index < -0.39 is 17.3 Å². The number of carbonyl (C=O) groups is 1. The number of hydrogen-bond acceptors (Lipinski definition) is 3. The van der Waals surface area contributed by atoms with Crippen LogP contribution in [-0.4, -0.2) is 18.6 Å². The highest BCUT2D eigenvalue weighted by atomic mass is 19.1. The summed E-state index contributed by atoms with van der Waals surface area (Å²) < 4.78 is 18.5. The molecule has 1 rings (SSSR count). The Morgan fingerprint density at radius 2 is 2.28 bits per heavy atom. The van der Waals surface area contributed by atoms with E-state index in [9.17, 15) is 9.18 Å². The van der Waals surface area contributed by atoms with Crippen LogP contribution in [0.5, 0.6) is 0 Å². The van der Waals surface area contributed by atoms with Crippen LogP contribution in [0.15, 0.2) is 18.2 Å². The van der Waals surface area contributed by atoms with E-state index in [-0.39, 0.29) is 11.3 Å². The number of amides is 1. The molecule has 1 N–H and O–H groups in total. The number of rotatable bonds is 4. The van der Waals surface area contributed by atoms with Crippen molar-refractivity contribution in [3.8, 4) is 6.07 Å². The minimum Gasteiger partial charge on any atom is -0.369 e. The smallest absolute Gasteiger partial charge is 0.256 e. The average Bonchev–Trinajstić information content (AvgIpc) is 2.38. The topological polar surface area (TPSA) is 62.1 Å². The monoisotopic (exact) mass is 250 g/mol. The Kier molecular flexibility index (Phi) is 4.40. The van der Waals surface area contributed by atoms with Crippen molar-refractivity contribution in [2.24, 2.45) is 0 Å². The summed E-state index contributed by atoms with van der Waals surface area (Å²) in [6, 6.07) is 5.81. The van der Waals surface area contributed by atoms with Gasteiger partial charge < -0.3 is 10.1 Å². The third-order valence-electron chi connectivity index (χ3n) is 2.98. The van der Waals surface area contributed by atoms with E-state index >= 15 is 0 Å². The van der Waals surface area contributed by atoms with Crippen molar-refractivity contribution >= 4 is 11.6 Å². The van der Waals surface area contributed by atoms with Crippen molar-refractivity contribution in [3.05, 3.63) is 29.6 Å². The first-order chi connectivity index (χ1) is 8.48. The van der Waals surface area contributed by atoms with Gasteiger partial charge >= 0.3 is 0 Å². The van der Waals surface area contributed by atoms with E-state index in [1.54, 1.807) is 19.9 Å². The van der Waals surface area contributed by atoms with Crippen molar-refractivity contribution in [2.75, 3.05) is 12.4 Å². The Hall–Kier alpha value is -1.93. The molecule has 0 radical (unpaired) electrons. The number of anilines is 1. The van der Waals surface area contributed by atoms with Crippen molar-refractivity contribution < 1.29 is 13.9 Å². The van der Waals surface area contributed by atoms with Gasteiger partial charge in [-0.15, -0.1) is 0 Å². The molecule has 96 valence electrons. The summed E-state index contributed by atoms with van der Waals surface area (Å²) in [6.45, 7) is 3.44. The van der Waals surface area contributed by atoms with Crippen LogP contribution in [-0.2, 0) is 9.53 Å². The summed E-state index contributed by atoms with van der Waals surface area (Å²) >= 11 is 0. The van der Waals surface area contributed by atoms with E-state index in [2.05, 4.69) is 5.32 Å². The molecule has 0 aliphatic carbocycles. The molecule has 1 aromatic rings. The molecule has 0 saturated carbocycles. The standard InChI is InChI=1S/C13H15FN2O2/c1-4-13(2,18-3)12(17)16-11-7-5-6-10(14)9(11)8-15/h5-7H,4H2,1-3H3,(H,16,17). The lowest BCUT2D eigenvalue weighted by atomic mass is 10.0. The molecule has 0 aliphatic heterocycles. The van der Waals surface area contributed by atoms with Crippen LogP contribution in [0.25, 0.3) is 0 Å². The third kappa shape index (κ3) is 2.66. The fraction of sp³-hybridized carbons (Fsp3) is 0.385. The molecule has 0 aliphatic rings. The van der Waals surface area contributed by atoms with Gasteiger partial charge in [-0.3, -0.25) is 4.79 Å². The van der Waals surface area contributed by atoms with E-state index in [1.165, 1.54) is 25.3 Å². The number of hydrogen-bond donors (Lipinski definition) is 1. The Bertz CT molecular complexity index is 490. The van der Waals surface area contributed by atoms with Crippen molar-refractivity contribution in [2.45, 2.75) is 25.9 Å². The summed E-state index contributed by atoms with van der Waals surface area (Å²) in [5.41, 5.74) is -1.03. The quantitative estimate of drug-likeness (QED) is 0.892. The summed E-state index contributed by atoms with van der Waals surface area (Å²) in [5, 5.41) is 11.4. The average molecular weight is 250 g/mol. The predicted molar refractivity (Wildman–Crippen MR) is 65.4 cm³/mol. The van der Waals surface area contributed by atoms with Gasteiger partial charge in [0.25, 0.3) is 5.91 Å². The molecular formula is C13H15FN2O2. The van der Waals surface area contributed by atoms with Gasteiger partial charge in [-0.1, -0.05) is 13.0 Å². The molecule has 0 saturated heterocycles. The molecule has 1 atom stereocenters. The minimum absolute atomic E-state index is 0.152. The molecule has 0 bridgehead atoms. The van der Waals surface area contributed by atoms with Crippen LogP contribution in [0.1, 0.15) is 25.8 Å². The SMILES string of the molecule is CCC(C)(OC)C(=O)Nc1cccc(F)c1C#N. The maximum absolute atomic E-state index is 13.4. The maximum atomic E-state index is 13.4. The number of benzene rings is 1. The molecule has 4 nitrogen and oxygen atoms in total. The summed E-state index contributed by atoms with van der Waals surface area (Å²) in [6.07, 6.45) is 0.465. The van der Waals surface area contributed by atoms with Crippen LogP contribution < -0.4 is 5.32 Å². The first-order valence-corrected chi connectivity index (χ1v) is 5.53. The number of nitrogens with one attached hydrogen (secondary N) is 1. The zero-order valence-electron chi connectivity index (χ0n) is 10.6. The number of ether oxygens (including phenoxy) is 1. The highest BCUT2D eigenvalue weighted by Gasteiger charge is 2.31. The lowest BCUT2D eigenvalue weighted by Gasteiger charge is -2.25. The largest absolute Gasteiger partial charge is 0.369 e. The fourth-order valence-electron chi connectivity index (χ4n) is 1.39. The molecule has 1 unspecified atom stereocenters. The highest BCUT2D eigenvalue weighted by Crippen LogP contribution is 2.21. The van der Waals surface area contributed by atoms with Crippen molar-refractivity contribution in [1.82, 2.24) is 0 Å². The summed E-state index contributed by atoms with van der Waals surface area (Å²) in [7, 11) is 1.43. The van der Waals surface area contributed by atoms with Gasteiger partial charge in [0.1, 0.15) is 23.1 Å². The minimum atomic E-state index is -1.00. The van der Waals surface area contributed by atoms with Gasteiger partial charge in [0.15, 0.2) is 0 Å². The van der Waals surface area contributed by atoms with Crippen LogP contribution in [0, 0.1) is 17.1 Å². The summed E-state index contributed by atoms with van der Waals surface area (Å²) in [5.74, 6) is -1.07. The van der Waals surface area contributed by atoms with Crippen molar-refractivity contribution in [3.63, 3.8) is 0 Å². The van der Waals surface area contributed by atoms with Gasteiger partial charge in [-0.25, -0.2) is 4.39 Å². The second kappa shape index (κ2) is 5.61. The van der Waals surface area contributed by atoms with Crippen molar-refractivity contribution in [1.29, 1.82) is 5.26 Å². The lowest BCUT2D eigenvalue weighted by Crippen LogP contribution is -2.41. The maximum Gasteiger partial charge on any atom is 0.256 e. The van der Waals surface area contributed by atoms with Gasteiger partial charge in [0.2, 0.25) is 0 Å². The number of halogens is 1. The van der Waals surface area contributed by atoms with E-state index in [0.717, 1.165) is 0 Å². The van der Waals surface area contributed by atoms with E-state index in [4.69, 9.17) is 10.00 Å². The van der Waals surface area contributed by atoms with Gasteiger partial charge in [0.05, 0.1) is 5.69 Å². The van der Waals surface area contributed by atoms with Crippen LogP contribution in [0.4, 0.5) is 10.1 Å². The first-order valence-electron chi connectivity index (χ1n) is 5.53. The zero-order valence-corrected chi connectivity index (χ0v) is 10.6. The number of nitrogens with zero attached hydrogens (tertiary/aromatic N) is 1. The molecule has 1 aromatic carbocycles. The molecule has 0 aromatic heterocycles. The Morgan fingerprint density at radius 1 is 1.61 bits per heavy atom. The normalized spacial score (nSPS) is 13.5. The lowest BCUT2D eigenvalue weighted by molar-refractivity contribution is -0.136. The van der Waals surface area contributed by atoms with E-state index in [0.29, 0.717) is 6.42 Å². The third-order valence-corrected chi connectivity index (χ3v) is 2.98. The number of nitriles is 1. The predicted octanol–water partition coefficient (Wildman–Crippen LogP) is 2.45. The molecule has 0 fully saturated rings. The fourth-order valence-corrected chi connectivity index (χ4v) is 1.39. The number of carbonyl (C=O) groups excluding carboxylic acids is 1. The second-order valence-corrected chi connectivity index (χ2v) is 4.02.